The van der Waals surface area contributed by atoms with Gasteiger partial charge in [-0.25, -0.2) is 4.79 Å². The van der Waals surface area contributed by atoms with E-state index in [0.717, 1.165) is 22.5 Å². The fourth-order valence-electron chi connectivity index (χ4n) is 3.60. The Morgan fingerprint density at radius 2 is 1.58 bits per heavy atom. The topological polar surface area (TPSA) is 81.8 Å². The van der Waals surface area contributed by atoms with Crippen LogP contribution < -0.4 is 9.47 Å². The number of rotatable bonds is 10. The SMILES string of the molecule is CCc1onc(Cc2c(Cl)cccc2Cl)c1COc1ccc(COc2cccc(C(=O)O)c2)c(Cl)c1. The maximum absolute atomic E-state index is 11.1. The molecule has 0 atom stereocenters. The lowest BCUT2D eigenvalue weighted by molar-refractivity contribution is 0.0696. The zero-order valence-electron chi connectivity index (χ0n) is 19.3. The first-order valence-corrected chi connectivity index (χ1v) is 12.3. The minimum absolute atomic E-state index is 0.152. The number of aromatic nitrogens is 1. The van der Waals surface area contributed by atoms with Gasteiger partial charge in [-0.15, -0.1) is 0 Å². The molecule has 1 heterocycles. The van der Waals surface area contributed by atoms with Crippen LogP contribution in [0.15, 0.2) is 65.2 Å². The van der Waals surface area contributed by atoms with Gasteiger partial charge in [-0.2, -0.15) is 0 Å². The number of carboxylic acid groups (broad SMARTS) is 1. The molecule has 4 aromatic rings. The van der Waals surface area contributed by atoms with Crippen LogP contribution in [0, 0.1) is 0 Å². The number of carboxylic acids is 1. The maximum Gasteiger partial charge on any atom is 0.335 e. The Labute approximate surface area is 223 Å². The molecular formula is C27H22Cl3NO5. The Bertz CT molecular complexity index is 1370. The van der Waals surface area contributed by atoms with Crippen LogP contribution in [0.3, 0.4) is 0 Å². The normalized spacial score (nSPS) is 10.9. The van der Waals surface area contributed by atoms with Crippen molar-refractivity contribution in [3.8, 4) is 11.5 Å². The summed E-state index contributed by atoms with van der Waals surface area (Å²) < 4.78 is 17.3. The molecule has 6 nitrogen and oxygen atoms in total. The second-order valence-electron chi connectivity index (χ2n) is 7.93. The van der Waals surface area contributed by atoms with Crippen molar-refractivity contribution in [3.05, 3.63) is 109 Å². The molecule has 0 spiro atoms. The van der Waals surface area contributed by atoms with E-state index in [0.29, 0.717) is 45.1 Å². The van der Waals surface area contributed by atoms with Gasteiger partial charge in [-0.3, -0.25) is 0 Å². The van der Waals surface area contributed by atoms with Crippen LogP contribution in [-0.4, -0.2) is 16.2 Å². The number of halogens is 3. The van der Waals surface area contributed by atoms with Gasteiger partial charge in [-0.05, 0) is 48.0 Å². The van der Waals surface area contributed by atoms with Crippen LogP contribution in [0.2, 0.25) is 15.1 Å². The Balaban J connectivity index is 1.44. The molecule has 1 aromatic heterocycles. The highest BCUT2D eigenvalue weighted by atomic mass is 35.5. The number of ether oxygens (including phenoxy) is 2. The minimum Gasteiger partial charge on any atom is -0.489 e. The van der Waals surface area contributed by atoms with Gasteiger partial charge < -0.3 is 19.1 Å². The molecule has 4 rings (SSSR count). The van der Waals surface area contributed by atoms with Crippen molar-refractivity contribution < 1.29 is 23.9 Å². The average Bonchev–Trinajstić information content (AvgIpc) is 3.26. The van der Waals surface area contributed by atoms with Gasteiger partial charge in [0.15, 0.2) is 0 Å². The Morgan fingerprint density at radius 1 is 0.889 bits per heavy atom. The molecule has 1 N–H and O–H groups in total. The highest BCUT2D eigenvalue weighted by molar-refractivity contribution is 6.36. The van der Waals surface area contributed by atoms with Crippen molar-refractivity contribution in [2.45, 2.75) is 33.0 Å². The first-order chi connectivity index (χ1) is 17.4. The van der Waals surface area contributed by atoms with Crippen molar-refractivity contribution in [2.24, 2.45) is 0 Å². The first kappa shape index (κ1) is 25.9. The zero-order chi connectivity index (χ0) is 25.7. The molecule has 0 saturated carbocycles. The lowest BCUT2D eigenvalue weighted by atomic mass is 10.0. The van der Waals surface area contributed by atoms with E-state index in [9.17, 15) is 4.79 Å². The number of carbonyl (C=O) groups is 1. The monoisotopic (exact) mass is 545 g/mol. The molecule has 0 unspecified atom stereocenters. The van der Waals surface area contributed by atoms with Crippen molar-refractivity contribution in [1.82, 2.24) is 5.16 Å². The van der Waals surface area contributed by atoms with Crippen LogP contribution in [0.5, 0.6) is 11.5 Å². The van der Waals surface area contributed by atoms with Crippen molar-refractivity contribution in [2.75, 3.05) is 0 Å². The summed E-state index contributed by atoms with van der Waals surface area (Å²) in [6.45, 7) is 2.39. The predicted molar refractivity (Wildman–Crippen MR) is 139 cm³/mol. The highest BCUT2D eigenvalue weighted by Crippen LogP contribution is 2.30. The molecule has 0 radical (unpaired) electrons. The molecule has 3 aromatic carbocycles. The standard InChI is InChI=1S/C27H22Cl3NO5/c1-2-26-21(25(31-36-26)13-20-22(28)7-4-8-23(20)29)15-35-19-10-9-17(24(30)12-19)14-34-18-6-3-5-16(11-18)27(32)33/h3-12H,2,13-15H2,1H3,(H,32,33). The van der Waals surface area contributed by atoms with Crippen molar-refractivity contribution in [1.29, 1.82) is 0 Å². The average molecular weight is 547 g/mol. The van der Waals surface area contributed by atoms with E-state index >= 15 is 0 Å². The molecule has 9 heteroatoms. The Morgan fingerprint density at radius 3 is 2.28 bits per heavy atom. The molecule has 0 aliphatic carbocycles. The van der Waals surface area contributed by atoms with Gasteiger partial charge in [0.05, 0.1) is 21.8 Å². The van der Waals surface area contributed by atoms with E-state index in [2.05, 4.69) is 5.16 Å². The third-order valence-electron chi connectivity index (χ3n) is 5.56. The molecular weight excluding hydrogens is 525 g/mol. The van der Waals surface area contributed by atoms with E-state index in [1.165, 1.54) is 12.1 Å². The van der Waals surface area contributed by atoms with Crippen LogP contribution in [0.1, 0.15) is 45.4 Å². The summed E-state index contributed by atoms with van der Waals surface area (Å²) in [7, 11) is 0. The summed E-state index contributed by atoms with van der Waals surface area (Å²) in [6, 6.07) is 17.0. The van der Waals surface area contributed by atoms with Gasteiger partial charge in [0, 0.05) is 28.5 Å². The fraction of sp³-hybridized carbons (Fsp3) is 0.185. The summed E-state index contributed by atoms with van der Waals surface area (Å²) in [5, 5.41) is 14.9. The highest BCUT2D eigenvalue weighted by Gasteiger charge is 2.18. The summed E-state index contributed by atoms with van der Waals surface area (Å²) in [5.41, 5.74) is 3.22. The van der Waals surface area contributed by atoms with Gasteiger partial charge >= 0.3 is 5.97 Å². The molecule has 186 valence electrons. The largest absolute Gasteiger partial charge is 0.489 e. The van der Waals surface area contributed by atoms with Crippen LogP contribution in [0.4, 0.5) is 0 Å². The fourth-order valence-corrected chi connectivity index (χ4v) is 4.36. The molecule has 36 heavy (non-hydrogen) atoms. The van der Waals surface area contributed by atoms with E-state index < -0.39 is 5.97 Å². The van der Waals surface area contributed by atoms with Gasteiger partial charge in [0.1, 0.15) is 30.5 Å². The number of hydrogen-bond acceptors (Lipinski definition) is 5. The number of hydrogen-bond donors (Lipinski definition) is 1. The van der Waals surface area contributed by atoms with E-state index in [1.807, 2.05) is 6.92 Å². The van der Waals surface area contributed by atoms with Gasteiger partial charge in [0.2, 0.25) is 0 Å². The number of nitrogens with zero attached hydrogens (tertiary/aromatic N) is 1. The Hall–Kier alpha value is -3.19. The van der Waals surface area contributed by atoms with Crippen LogP contribution in [0.25, 0.3) is 0 Å². The summed E-state index contributed by atoms with van der Waals surface area (Å²) in [5.74, 6) is 0.726. The van der Waals surface area contributed by atoms with Gasteiger partial charge in [-0.1, -0.05) is 65.1 Å². The summed E-state index contributed by atoms with van der Waals surface area (Å²) in [6.07, 6.45) is 1.07. The quantitative estimate of drug-likeness (QED) is 0.220. The molecule has 0 aliphatic heterocycles. The lowest BCUT2D eigenvalue weighted by Crippen LogP contribution is -2.03. The van der Waals surface area contributed by atoms with E-state index in [4.69, 9.17) is 53.9 Å². The maximum atomic E-state index is 11.1. The number of aryl methyl sites for hydroxylation is 1. The summed E-state index contributed by atoms with van der Waals surface area (Å²) >= 11 is 19.1. The smallest absolute Gasteiger partial charge is 0.335 e. The molecule has 0 bridgehead atoms. The molecule has 0 amide bonds. The number of aromatic carboxylic acids is 1. The van der Waals surface area contributed by atoms with Crippen LogP contribution >= 0.6 is 34.8 Å². The van der Waals surface area contributed by atoms with E-state index in [-0.39, 0.29) is 18.8 Å². The second-order valence-corrected chi connectivity index (χ2v) is 9.15. The second kappa shape index (κ2) is 11.7. The number of benzene rings is 3. The van der Waals surface area contributed by atoms with Crippen molar-refractivity contribution in [3.63, 3.8) is 0 Å². The third-order valence-corrected chi connectivity index (χ3v) is 6.62. The predicted octanol–water partition coefficient (Wildman–Crippen LogP) is 7.64. The van der Waals surface area contributed by atoms with Crippen LogP contribution in [-0.2, 0) is 26.1 Å². The molecule has 0 fully saturated rings. The summed E-state index contributed by atoms with van der Waals surface area (Å²) in [4.78, 5) is 11.1. The zero-order valence-corrected chi connectivity index (χ0v) is 21.5. The molecule has 0 saturated heterocycles. The minimum atomic E-state index is -1.02. The van der Waals surface area contributed by atoms with Gasteiger partial charge in [0.25, 0.3) is 0 Å². The molecule has 0 aliphatic rings. The first-order valence-electron chi connectivity index (χ1n) is 11.1. The Kier molecular flexibility index (Phi) is 8.41. The van der Waals surface area contributed by atoms with E-state index in [1.54, 1.807) is 48.5 Å². The third kappa shape index (κ3) is 6.13. The van der Waals surface area contributed by atoms with Crippen molar-refractivity contribution >= 4 is 40.8 Å². The lowest BCUT2D eigenvalue weighted by Gasteiger charge is -2.12.